The molecular formula is C12H9F3N2O4. The van der Waals surface area contributed by atoms with Crippen LogP contribution in [0.1, 0.15) is 12.0 Å². The Morgan fingerprint density at radius 1 is 1.29 bits per heavy atom. The van der Waals surface area contributed by atoms with Crippen molar-refractivity contribution in [2.24, 2.45) is 0 Å². The van der Waals surface area contributed by atoms with E-state index in [0.717, 1.165) is 12.1 Å². The first-order valence-electron chi connectivity index (χ1n) is 5.76. The molecule has 0 aliphatic heterocycles. The van der Waals surface area contributed by atoms with Gasteiger partial charge in [0.25, 0.3) is 5.56 Å². The Hall–Kier alpha value is -2.58. The van der Waals surface area contributed by atoms with Gasteiger partial charge in [0.05, 0.1) is 22.9 Å². The summed E-state index contributed by atoms with van der Waals surface area (Å²) in [5.74, 6) is -1.23. The van der Waals surface area contributed by atoms with Gasteiger partial charge in [0, 0.05) is 6.54 Å². The molecule has 1 heterocycles. The first-order valence-corrected chi connectivity index (χ1v) is 5.76. The van der Waals surface area contributed by atoms with Crippen molar-refractivity contribution in [3.05, 3.63) is 44.6 Å². The largest absolute Gasteiger partial charge is 0.481 e. The maximum absolute atomic E-state index is 12.6. The molecule has 0 saturated carbocycles. The number of halogens is 3. The third-order valence-electron chi connectivity index (χ3n) is 2.86. The molecule has 0 aliphatic carbocycles. The fourth-order valence-corrected chi connectivity index (χ4v) is 1.84. The molecule has 0 fully saturated rings. The predicted molar refractivity (Wildman–Crippen MR) is 66.1 cm³/mol. The van der Waals surface area contributed by atoms with Crippen LogP contribution in [0.25, 0.3) is 10.9 Å². The third-order valence-corrected chi connectivity index (χ3v) is 2.86. The van der Waals surface area contributed by atoms with Crippen molar-refractivity contribution in [1.29, 1.82) is 0 Å². The molecule has 9 heteroatoms. The molecule has 1 aromatic carbocycles. The molecule has 0 unspecified atom stereocenters. The number of rotatable bonds is 3. The highest BCUT2D eigenvalue weighted by Crippen LogP contribution is 2.30. The second-order valence-corrected chi connectivity index (χ2v) is 4.29. The molecule has 0 bridgehead atoms. The normalized spacial score (nSPS) is 11.8. The fourth-order valence-electron chi connectivity index (χ4n) is 1.84. The summed E-state index contributed by atoms with van der Waals surface area (Å²) in [5, 5.41) is 8.22. The maximum atomic E-state index is 12.6. The zero-order chi connectivity index (χ0) is 15.8. The van der Waals surface area contributed by atoms with Gasteiger partial charge in [-0.15, -0.1) is 0 Å². The third kappa shape index (κ3) is 2.96. The number of H-pyrrole nitrogens is 1. The molecule has 0 radical (unpaired) electrons. The number of nitrogens with one attached hydrogen (secondary N) is 1. The Balaban J connectivity index is 2.65. The van der Waals surface area contributed by atoms with Gasteiger partial charge in [0.1, 0.15) is 0 Å². The number of aromatic nitrogens is 2. The molecule has 2 N–H and O–H groups in total. The van der Waals surface area contributed by atoms with Gasteiger partial charge in [0.15, 0.2) is 0 Å². The van der Waals surface area contributed by atoms with Gasteiger partial charge in [-0.2, -0.15) is 13.2 Å². The van der Waals surface area contributed by atoms with E-state index in [4.69, 9.17) is 5.11 Å². The summed E-state index contributed by atoms with van der Waals surface area (Å²) in [6, 6.07) is 2.37. The number of aromatic amines is 1. The van der Waals surface area contributed by atoms with Crippen LogP contribution in [-0.4, -0.2) is 20.6 Å². The van der Waals surface area contributed by atoms with E-state index in [1.807, 2.05) is 0 Å². The SMILES string of the molecule is O=C(O)CCn1c(=O)[nH]c2ccc(C(F)(F)F)cc2c1=O. The summed E-state index contributed by atoms with van der Waals surface area (Å²) >= 11 is 0. The Kier molecular flexibility index (Phi) is 3.58. The molecule has 0 saturated heterocycles. The quantitative estimate of drug-likeness (QED) is 0.890. The van der Waals surface area contributed by atoms with Crippen LogP contribution in [0.5, 0.6) is 0 Å². The lowest BCUT2D eigenvalue weighted by atomic mass is 10.1. The predicted octanol–water partition coefficient (Wildman–Crippen LogP) is 1.18. The van der Waals surface area contributed by atoms with Gasteiger partial charge in [-0.1, -0.05) is 0 Å². The highest BCUT2D eigenvalue weighted by molar-refractivity contribution is 5.78. The minimum Gasteiger partial charge on any atom is -0.481 e. The van der Waals surface area contributed by atoms with E-state index < -0.39 is 41.9 Å². The highest BCUT2D eigenvalue weighted by Gasteiger charge is 2.30. The molecule has 21 heavy (non-hydrogen) atoms. The molecule has 2 aromatic rings. The summed E-state index contributed by atoms with van der Waals surface area (Å²) < 4.78 is 38.4. The molecular weight excluding hydrogens is 293 g/mol. The first-order chi connectivity index (χ1) is 9.70. The number of hydrogen-bond donors (Lipinski definition) is 2. The lowest BCUT2D eigenvalue weighted by Gasteiger charge is -2.09. The Bertz CT molecular complexity index is 820. The lowest BCUT2D eigenvalue weighted by molar-refractivity contribution is -0.138. The molecule has 112 valence electrons. The number of carboxylic acids is 1. The minimum absolute atomic E-state index is 0.0374. The molecule has 0 aliphatic rings. The van der Waals surface area contributed by atoms with Crippen molar-refractivity contribution in [1.82, 2.24) is 9.55 Å². The van der Waals surface area contributed by atoms with Crippen LogP contribution >= 0.6 is 0 Å². The van der Waals surface area contributed by atoms with Gasteiger partial charge in [-0.3, -0.25) is 14.2 Å². The minimum atomic E-state index is -4.62. The van der Waals surface area contributed by atoms with Crippen molar-refractivity contribution in [2.45, 2.75) is 19.1 Å². The van der Waals surface area contributed by atoms with Crippen molar-refractivity contribution in [3.63, 3.8) is 0 Å². The van der Waals surface area contributed by atoms with Crippen LogP contribution in [0.4, 0.5) is 13.2 Å². The second-order valence-electron chi connectivity index (χ2n) is 4.29. The first kappa shape index (κ1) is 14.8. The van der Waals surface area contributed by atoms with Gasteiger partial charge in [-0.25, -0.2) is 4.79 Å². The van der Waals surface area contributed by atoms with Crippen LogP contribution in [0.3, 0.4) is 0 Å². The number of fused-ring (bicyclic) bond motifs is 1. The zero-order valence-corrected chi connectivity index (χ0v) is 10.4. The number of carbonyl (C=O) groups is 1. The van der Waals surface area contributed by atoms with Crippen molar-refractivity contribution in [2.75, 3.05) is 0 Å². The van der Waals surface area contributed by atoms with E-state index in [1.165, 1.54) is 0 Å². The number of alkyl halides is 3. The van der Waals surface area contributed by atoms with Gasteiger partial charge in [0.2, 0.25) is 0 Å². The summed E-state index contributed by atoms with van der Waals surface area (Å²) in [5.41, 5.74) is -2.89. The van der Waals surface area contributed by atoms with E-state index in [2.05, 4.69) is 4.98 Å². The Labute approximate surface area is 114 Å². The van der Waals surface area contributed by atoms with Crippen molar-refractivity contribution >= 4 is 16.9 Å². The summed E-state index contributed by atoms with van der Waals surface area (Å²) in [4.78, 5) is 36.4. The van der Waals surface area contributed by atoms with Crippen LogP contribution in [0.2, 0.25) is 0 Å². The van der Waals surface area contributed by atoms with E-state index in [0.29, 0.717) is 10.6 Å². The van der Waals surface area contributed by atoms with Crippen LogP contribution in [0.15, 0.2) is 27.8 Å². The molecule has 0 atom stereocenters. The molecule has 2 rings (SSSR count). The van der Waals surface area contributed by atoms with Gasteiger partial charge >= 0.3 is 17.8 Å². The molecule has 6 nitrogen and oxygen atoms in total. The number of aliphatic carboxylic acids is 1. The highest BCUT2D eigenvalue weighted by atomic mass is 19.4. The van der Waals surface area contributed by atoms with E-state index >= 15 is 0 Å². The summed E-state index contributed by atoms with van der Waals surface area (Å²) in [7, 11) is 0. The Morgan fingerprint density at radius 2 is 1.95 bits per heavy atom. The molecule has 1 aromatic heterocycles. The van der Waals surface area contributed by atoms with Crippen molar-refractivity contribution in [3.8, 4) is 0 Å². The standard InChI is InChI=1S/C12H9F3N2O4/c13-12(14,15)6-1-2-8-7(5-6)10(20)17(11(21)16-8)4-3-9(18)19/h1-2,5H,3-4H2,(H,16,21)(H,18,19). The smallest absolute Gasteiger partial charge is 0.416 e. The van der Waals surface area contributed by atoms with E-state index in [1.54, 1.807) is 0 Å². The average molecular weight is 302 g/mol. The number of carboxylic acid groups (broad SMARTS) is 1. The van der Waals surface area contributed by atoms with Gasteiger partial charge < -0.3 is 10.1 Å². The number of hydrogen-bond acceptors (Lipinski definition) is 3. The van der Waals surface area contributed by atoms with Crippen LogP contribution < -0.4 is 11.2 Å². The van der Waals surface area contributed by atoms with Crippen LogP contribution in [0, 0.1) is 0 Å². The molecule has 0 spiro atoms. The fraction of sp³-hybridized carbons (Fsp3) is 0.250. The average Bonchev–Trinajstić information content (AvgIpc) is 2.36. The van der Waals surface area contributed by atoms with Crippen molar-refractivity contribution < 1.29 is 23.1 Å². The number of benzene rings is 1. The van der Waals surface area contributed by atoms with Crippen LogP contribution in [-0.2, 0) is 17.5 Å². The van der Waals surface area contributed by atoms with Gasteiger partial charge in [-0.05, 0) is 18.2 Å². The topological polar surface area (TPSA) is 92.2 Å². The second kappa shape index (κ2) is 5.08. The number of nitrogens with zero attached hydrogens (tertiary/aromatic N) is 1. The lowest BCUT2D eigenvalue weighted by Crippen LogP contribution is -2.35. The zero-order valence-electron chi connectivity index (χ0n) is 10.4. The summed E-state index contributed by atoms with van der Waals surface area (Å²) in [6.07, 6.45) is -5.11. The molecule has 0 amide bonds. The monoisotopic (exact) mass is 302 g/mol. The Morgan fingerprint density at radius 3 is 2.52 bits per heavy atom. The maximum Gasteiger partial charge on any atom is 0.416 e. The van der Waals surface area contributed by atoms with E-state index in [-0.39, 0.29) is 10.9 Å². The van der Waals surface area contributed by atoms with E-state index in [9.17, 15) is 27.6 Å². The summed E-state index contributed by atoms with van der Waals surface area (Å²) in [6.45, 7) is -0.421.